The molecule has 21 heavy (non-hydrogen) atoms. The standard InChI is InChI=1S/C16H26N4O/c1-6-13-8-14(20(7-2)19-13)9-15(18-17)16-10(3)11(4)21-12(16)5/h8,15,18H,6-7,9,17H2,1-5H3. The van der Waals surface area contributed by atoms with Crippen molar-refractivity contribution < 1.29 is 4.42 Å². The summed E-state index contributed by atoms with van der Waals surface area (Å²) in [5, 5.41) is 4.60. The first kappa shape index (κ1) is 15.8. The first-order chi connectivity index (χ1) is 10.0. The van der Waals surface area contributed by atoms with Gasteiger partial charge in [-0.2, -0.15) is 5.10 Å². The van der Waals surface area contributed by atoms with Gasteiger partial charge in [0, 0.05) is 24.2 Å². The molecule has 0 aliphatic heterocycles. The van der Waals surface area contributed by atoms with Crippen LogP contribution in [0.3, 0.4) is 0 Å². The van der Waals surface area contributed by atoms with Crippen LogP contribution in [0.25, 0.3) is 0 Å². The maximum Gasteiger partial charge on any atom is 0.106 e. The molecule has 116 valence electrons. The van der Waals surface area contributed by atoms with Crippen molar-refractivity contribution in [3.63, 3.8) is 0 Å². The van der Waals surface area contributed by atoms with Crippen LogP contribution in [0.4, 0.5) is 0 Å². The Kier molecular flexibility index (Phi) is 4.85. The van der Waals surface area contributed by atoms with Crippen LogP contribution in [0.15, 0.2) is 10.5 Å². The number of nitrogens with two attached hydrogens (primary N) is 1. The third kappa shape index (κ3) is 3.04. The fraction of sp³-hybridized carbons (Fsp3) is 0.562. The Morgan fingerprint density at radius 3 is 2.48 bits per heavy atom. The van der Waals surface area contributed by atoms with Gasteiger partial charge in [-0.15, -0.1) is 0 Å². The molecule has 0 saturated heterocycles. The molecular formula is C16H26N4O. The van der Waals surface area contributed by atoms with Gasteiger partial charge in [0.05, 0.1) is 11.7 Å². The summed E-state index contributed by atoms with van der Waals surface area (Å²) < 4.78 is 7.79. The minimum atomic E-state index is 0.0363. The van der Waals surface area contributed by atoms with Crippen molar-refractivity contribution >= 4 is 0 Å². The summed E-state index contributed by atoms with van der Waals surface area (Å²) in [6.45, 7) is 11.2. The molecule has 0 aliphatic carbocycles. The third-order valence-electron chi connectivity index (χ3n) is 4.16. The van der Waals surface area contributed by atoms with E-state index in [1.807, 2.05) is 13.8 Å². The van der Waals surface area contributed by atoms with Crippen LogP contribution in [0, 0.1) is 20.8 Å². The quantitative estimate of drug-likeness (QED) is 0.634. The summed E-state index contributed by atoms with van der Waals surface area (Å²) >= 11 is 0. The van der Waals surface area contributed by atoms with Crippen LogP contribution in [-0.4, -0.2) is 9.78 Å². The molecule has 1 atom stereocenters. The number of nitrogens with one attached hydrogen (secondary N) is 1. The van der Waals surface area contributed by atoms with Crippen molar-refractivity contribution in [1.29, 1.82) is 0 Å². The van der Waals surface area contributed by atoms with Crippen LogP contribution in [-0.2, 0) is 19.4 Å². The van der Waals surface area contributed by atoms with Crippen LogP contribution < -0.4 is 11.3 Å². The second-order valence-electron chi connectivity index (χ2n) is 5.47. The van der Waals surface area contributed by atoms with E-state index in [-0.39, 0.29) is 6.04 Å². The van der Waals surface area contributed by atoms with Gasteiger partial charge < -0.3 is 4.42 Å². The molecule has 0 aromatic carbocycles. The fourth-order valence-corrected chi connectivity index (χ4v) is 2.90. The smallest absolute Gasteiger partial charge is 0.106 e. The normalized spacial score (nSPS) is 12.9. The van der Waals surface area contributed by atoms with Gasteiger partial charge >= 0.3 is 0 Å². The molecule has 0 aliphatic rings. The number of aromatic nitrogens is 2. The number of furan rings is 1. The van der Waals surface area contributed by atoms with E-state index < -0.39 is 0 Å². The largest absolute Gasteiger partial charge is 0.466 e. The predicted octanol–water partition coefficient (Wildman–Crippen LogP) is 2.73. The van der Waals surface area contributed by atoms with Gasteiger partial charge in [0.15, 0.2) is 0 Å². The highest BCUT2D eigenvalue weighted by Gasteiger charge is 2.22. The molecular weight excluding hydrogens is 264 g/mol. The molecule has 0 radical (unpaired) electrons. The Morgan fingerprint density at radius 2 is 2.00 bits per heavy atom. The molecule has 0 bridgehead atoms. The van der Waals surface area contributed by atoms with E-state index in [0.29, 0.717) is 0 Å². The van der Waals surface area contributed by atoms with Gasteiger partial charge in [-0.05, 0) is 45.7 Å². The molecule has 0 spiro atoms. The number of nitrogens with zero attached hydrogens (tertiary/aromatic N) is 2. The van der Waals surface area contributed by atoms with E-state index >= 15 is 0 Å². The minimum absolute atomic E-state index is 0.0363. The molecule has 2 rings (SSSR count). The first-order valence-electron chi connectivity index (χ1n) is 7.59. The maximum absolute atomic E-state index is 5.81. The van der Waals surface area contributed by atoms with Crippen molar-refractivity contribution in [3.8, 4) is 0 Å². The van der Waals surface area contributed by atoms with Crippen molar-refractivity contribution in [2.45, 2.75) is 60.0 Å². The van der Waals surface area contributed by atoms with Gasteiger partial charge in [0.2, 0.25) is 0 Å². The Labute approximate surface area is 126 Å². The van der Waals surface area contributed by atoms with Crippen LogP contribution >= 0.6 is 0 Å². The molecule has 1 unspecified atom stereocenters. The lowest BCUT2D eigenvalue weighted by molar-refractivity contribution is 0.477. The van der Waals surface area contributed by atoms with Gasteiger partial charge in [-0.1, -0.05) is 6.92 Å². The Bertz CT molecular complexity index is 612. The Balaban J connectivity index is 2.33. The monoisotopic (exact) mass is 290 g/mol. The molecule has 0 amide bonds. The number of hydrazine groups is 1. The highest BCUT2D eigenvalue weighted by molar-refractivity contribution is 5.35. The van der Waals surface area contributed by atoms with E-state index in [2.05, 4.69) is 42.0 Å². The Hall–Kier alpha value is -1.59. The molecule has 2 aromatic heterocycles. The number of rotatable bonds is 6. The number of aryl methyl sites for hydroxylation is 4. The van der Waals surface area contributed by atoms with Crippen molar-refractivity contribution in [1.82, 2.24) is 15.2 Å². The predicted molar refractivity (Wildman–Crippen MR) is 84.0 cm³/mol. The molecule has 5 heteroatoms. The zero-order chi connectivity index (χ0) is 15.6. The van der Waals surface area contributed by atoms with Crippen molar-refractivity contribution in [2.75, 3.05) is 0 Å². The van der Waals surface area contributed by atoms with Crippen LogP contribution in [0.2, 0.25) is 0 Å². The summed E-state index contributed by atoms with van der Waals surface area (Å²) in [5.41, 5.74) is 7.61. The summed E-state index contributed by atoms with van der Waals surface area (Å²) in [5.74, 6) is 7.70. The third-order valence-corrected chi connectivity index (χ3v) is 4.16. The number of hydrogen-bond acceptors (Lipinski definition) is 4. The summed E-state index contributed by atoms with van der Waals surface area (Å²) in [6.07, 6.45) is 1.75. The zero-order valence-corrected chi connectivity index (χ0v) is 13.7. The van der Waals surface area contributed by atoms with E-state index in [4.69, 9.17) is 10.3 Å². The van der Waals surface area contributed by atoms with E-state index in [1.165, 1.54) is 11.3 Å². The van der Waals surface area contributed by atoms with Crippen LogP contribution in [0.1, 0.15) is 53.9 Å². The Morgan fingerprint density at radius 1 is 1.29 bits per heavy atom. The van der Waals surface area contributed by atoms with Gasteiger partial charge in [-0.25, -0.2) is 0 Å². The lowest BCUT2D eigenvalue weighted by Crippen LogP contribution is -2.31. The number of hydrogen-bond donors (Lipinski definition) is 2. The SMILES string of the molecule is CCc1cc(CC(NN)c2c(C)oc(C)c2C)n(CC)n1. The minimum Gasteiger partial charge on any atom is -0.466 e. The molecule has 3 N–H and O–H groups in total. The molecule has 0 fully saturated rings. The molecule has 2 aromatic rings. The van der Waals surface area contributed by atoms with Crippen LogP contribution in [0.5, 0.6) is 0 Å². The van der Waals surface area contributed by atoms with E-state index in [0.717, 1.165) is 42.2 Å². The summed E-state index contributed by atoms with van der Waals surface area (Å²) in [6, 6.07) is 2.21. The van der Waals surface area contributed by atoms with Gasteiger partial charge in [-0.3, -0.25) is 16.0 Å². The average molecular weight is 290 g/mol. The molecule has 2 heterocycles. The average Bonchev–Trinajstić information content (AvgIpc) is 2.98. The van der Waals surface area contributed by atoms with E-state index in [9.17, 15) is 0 Å². The molecule has 5 nitrogen and oxygen atoms in total. The van der Waals surface area contributed by atoms with Gasteiger partial charge in [0.1, 0.15) is 11.5 Å². The molecule has 0 saturated carbocycles. The summed E-state index contributed by atoms with van der Waals surface area (Å²) in [4.78, 5) is 0. The van der Waals surface area contributed by atoms with E-state index in [1.54, 1.807) is 0 Å². The lowest BCUT2D eigenvalue weighted by atomic mass is 9.98. The van der Waals surface area contributed by atoms with Crippen molar-refractivity contribution in [2.24, 2.45) is 5.84 Å². The summed E-state index contributed by atoms with van der Waals surface area (Å²) in [7, 11) is 0. The second-order valence-corrected chi connectivity index (χ2v) is 5.47. The second kappa shape index (κ2) is 6.45. The lowest BCUT2D eigenvalue weighted by Gasteiger charge is -2.17. The van der Waals surface area contributed by atoms with Gasteiger partial charge in [0.25, 0.3) is 0 Å². The fourth-order valence-electron chi connectivity index (χ4n) is 2.90. The highest BCUT2D eigenvalue weighted by atomic mass is 16.3. The zero-order valence-electron chi connectivity index (χ0n) is 13.7. The topological polar surface area (TPSA) is 69.0 Å². The van der Waals surface area contributed by atoms with Crippen molar-refractivity contribution in [3.05, 3.63) is 40.1 Å². The first-order valence-corrected chi connectivity index (χ1v) is 7.59. The highest BCUT2D eigenvalue weighted by Crippen LogP contribution is 2.29. The maximum atomic E-state index is 5.81.